The van der Waals surface area contributed by atoms with Gasteiger partial charge in [-0.25, -0.2) is 0 Å². The molecule has 4 nitrogen and oxygen atoms in total. The number of nitrogens with zero attached hydrogens (tertiary/aromatic N) is 1. The van der Waals surface area contributed by atoms with E-state index in [-0.39, 0.29) is 17.7 Å². The lowest BCUT2D eigenvalue weighted by Crippen LogP contribution is -2.47. The predicted molar refractivity (Wildman–Crippen MR) is 105 cm³/mol. The van der Waals surface area contributed by atoms with E-state index in [4.69, 9.17) is 11.6 Å². The average Bonchev–Trinajstić information content (AvgIpc) is 2.69. The predicted octanol–water partition coefficient (Wildman–Crippen LogP) is 4.88. The molecule has 0 bridgehead atoms. The van der Waals surface area contributed by atoms with Crippen LogP contribution in [0.15, 0.2) is 24.3 Å². The van der Waals surface area contributed by atoms with Gasteiger partial charge in [-0.15, -0.1) is 0 Å². The van der Waals surface area contributed by atoms with Crippen LogP contribution in [0.5, 0.6) is 0 Å². The van der Waals surface area contributed by atoms with Crippen LogP contribution in [0, 0.1) is 11.8 Å². The molecule has 1 aliphatic heterocycles. The Hall–Kier alpha value is -1.55. The SMILES string of the molecule is CCC1CCCCN1C(=O)C1CCC(C(=O)Nc2ccc(Cl)cc2)CC1. The van der Waals surface area contributed by atoms with Crippen LogP contribution in [0.4, 0.5) is 5.69 Å². The Morgan fingerprint density at radius 1 is 1.04 bits per heavy atom. The van der Waals surface area contributed by atoms with E-state index in [9.17, 15) is 9.59 Å². The molecule has 1 aromatic rings. The maximum atomic E-state index is 12.9. The molecule has 1 aliphatic carbocycles. The van der Waals surface area contributed by atoms with Crippen LogP contribution >= 0.6 is 11.6 Å². The molecule has 3 rings (SSSR count). The van der Waals surface area contributed by atoms with Crippen molar-refractivity contribution in [3.05, 3.63) is 29.3 Å². The van der Waals surface area contributed by atoms with Crippen molar-refractivity contribution >= 4 is 29.1 Å². The third kappa shape index (κ3) is 4.59. The summed E-state index contributed by atoms with van der Waals surface area (Å²) in [5, 5.41) is 3.63. The molecule has 1 N–H and O–H groups in total. The summed E-state index contributed by atoms with van der Waals surface area (Å²) < 4.78 is 0. The number of piperidine rings is 1. The molecule has 5 heteroatoms. The molecule has 142 valence electrons. The molecule has 2 amide bonds. The van der Waals surface area contributed by atoms with Gasteiger partial charge in [-0.3, -0.25) is 9.59 Å². The van der Waals surface area contributed by atoms with Crippen LogP contribution in [0.1, 0.15) is 58.3 Å². The second kappa shape index (κ2) is 8.90. The lowest BCUT2D eigenvalue weighted by molar-refractivity contribution is -0.141. The Morgan fingerprint density at radius 3 is 2.35 bits per heavy atom. The first kappa shape index (κ1) is 19.2. The number of hydrogen-bond donors (Lipinski definition) is 1. The highest BCUT2D eigenvalue weighted by Gasteiger charge is 2.34. The highest BCUT2D eigenvalue weighted by molar-refractivity contribution is 6.30. The summed E-state index contributed by atoms with van der Waals surface area (Å²) in [4.78, 5) is 27.6. The zero-order valence-electron chi connectivity index (χ0n) is 15.5. The van der Waals surface area contributed by atoms with Gasteiger partial charge in [0.05, 0.1) is 0 Å². The monoisotopic (exact) mass is 376 g/mol. The van der Waals surface area contributed by atoms with Crippen LogP contribution in [0.2, 0.25) is 5.02 Å². The molecule has 1 unspecified atom stereocenters. The Balaban J connectivity index is 1.51. The number of anilines is 1. The molecule has 0 aromatic heterocycles. The van der Waals surface area contributed by atoms with Gasteiger partial charge >= 0.3 is 0 Å². The van der Waals surface area contributed by atoms with E-state index < -0.39 is 0 Å². The fourth-order valence-corrected chi connectivity index (χ4v) is 4.46. The number of amides is 2. The molecule has 1 saturated heterocycles. The minimum atomic E-state index is -0.00180. The van der Waals surface area contributed by atoms with Crippen molar-refractivity contribution in [2.24, 2.45) is 11.8 Å². The summed E-state index contributed by atoms with van der Waals surface area (Å²) in [6.07, 6.45) is 7.78. The van der Waals surface area contributed by atoms with Crippen molar-refractivity contribution in [1.82, 2.24) is 4.90 Å². The van der Waals surface area contributed by atoms with Gasteiger partial charge in [0, 0.05) is 35.1 Å². The van der Waals surface area contributed by atoms with Crippen molar-refractivity contribution < 1.29 is 9.59 Å². The number of carbonyl (C=O) groups is 2. The van der Waals surface area contributed by atoms with E-state index in [0.717, 1.165) is 57.2 Å². The number of halogens is 1. The van der Waals surface area contributed by atoms with Gasteiger partial charge in [-0.05, 0) is 75.6 Å². The van der Waals surface area contributed by atoms with Crippen molar-refractivity contribution in [3.63, 3.8) is 0 Å². The Labute approximate surface area is 161 Å². The van der Waals surface area contributed by atoms with Crippen molar-refractivity contribution in [3.8, 4) is 0 Å². The standard InChI is InChI=1S/C21H29ClN2O2/c1-2-19-5-3-4-14-24(19)21(26)16-8-6-15(7-9-16)20(25)23-18-12-10-17(22)11-13-18/h10-13,15-16,19H,2-9,14H2,1H3,(H,23,25). The molecule has 1 atom stereocenters. The zero-order valence-corrected chi connectivity index (χ0v) is 16.3. The number of benzene rings is 1. The summed E-state index contributed by atoms with van der Waals surface area (Å²) >= 11 is 5.88. The first-order chi connectivity index (χ1) is 12.6. The smallest absolute Gasteiger partial charge is 0.227 e. The summed E-state index contributed by atoms with van der Waals surface area (Å²) in [5.74, 6) is 0.482. The number of nitrogens with one attached hydrogen (secondary N) is 1. The molecule has 2 fully saturated rings. The van der Waals surface area contributed by atoms with Crippen LogP contribution in [0.3, 0.4) is 0 Å². The van der Waals surface area contributed by atoms with Gasteiger partial charge < -0.3 is 10.2 Å². The Morgan fingerprint density at radius 2 is 1.69 bits per heavy atom. The Kier molecular flexibility index (Phi) is 6.58. The fraction of sp³-hybridized carbons (Fsp3) is 0.619. The Bertz CT molecular complexity index is 623. The molecule has 2 aliphatic rings. The molecule has 0 spiro atoms. The van der Waals surface area contributed by atoms with Crippen molar-refractivity contribution in [1.29, 1.82) is 0 Å². The van der Waals surface area contributed by atoms with E-state index in [0.29, 0.717) is 17.0 Å². The van der Waals surface area contributed by atoms with E-state index in [1.54, 1.807) is 12.1 Å². The summed E-state index contributed by atoms with van der Waals surface area (Å²) in [6, 6.07) is 7.60. The third-order valence-electron chi connectivity index (χ3n) is 5.94. The van der Waals surface area contributed by atoms with Gasteiger partial charge in [0.15, 0.2) is 0 Å². The van der Waals surface area contributed by atoms with Gasteiger partial charge in [0.25, 0.3) is 0 Å². The molecule has 26 heavy (non-hydrogen) atoms. The first-order valence-electron chi connectivity index (χ1n) is 9.95. The minimum Gasteiger partial charge on any atom is -0.339 e. The maximum Gasteiger partial charge on any atom is 0.227 e. The quantitative estimate of drug-likeness (QED) is 0.814. The molecule has 1 saturated carbocycles. The largest absolute Gasteiger partial charge is 0.339 e. The van der Waals surface area contributed by atoms with Crippen LogP contribution in [-0.4, -0.2) is 29.3 Å². The first-order valence-corrected chi connectivity index (χ1v) is 10.3. The van der Waals surface area contributed by atoms with E-state index >= 15 is 0 Å². The molecular formula is C21H29ClN2O2. The number of likely N-dealkylation sites (tertiary alicyclic amines) is 1. The number of hydrogen-bond acceptors (Lipinski definition) is 2. The highest BCUT2D eigenvalue weighted by Crippen LogP contribution is 2.33. The van der Waals surface area contributed by atoms with E-state index in [1.807, 2.05) is 12.1 Å². The summed E-state index contributed by atoms with van der Waals surface area (Å²) in [6.45, 7) is 3.09. The normalized spacial score (nSPS) is 26.4. The second-order valence-corrected chi connectivity index (χ2v) is 8.07. The van der Waals surface area contributed by atoms with Crippen molar-refractivity contribution in [2.75, 3.05) is 11.9 Å². The van der Waals surface area contributed by atoms with Crippen LogP contribution in [-0.2, 0) is 9.59 Å². The van der Waals surface area contributed by atoms with E-state index in [1.165, 1.54) is 6.42 Å². The molecule has 0 radical (unpaired) electrons. The summed E-state index contributed by atoms with van der Waals surface area (Å²) in [5.41, 5.74) is 0.775. The summed E-state index contributed by atoms with van der Waals surface area (Å²) in [7, 11) is 0. The van der Waals surface area contributed by atoms with Crippen molar-refractivity contribution in [2.45, 2.75) is 64.3 Å². The van der Waals surface area contributed by atoms with E-state index in [2.05, 4.69) is 17.1 Å². The molecule has 1 heterocycles. The maximum absolute atomic E-state index is 12.9. The number of carbonyl (C=O) groups excluding carboxylic acids is 2. The average molecular weight is 377 g/mol. The fourth-order valence-electron chi connectivity index (χ4n) is 4.33. The zero-order chi connectivity index (χ0) is 18.5. The van der Waals surface area contributed by atoms with Gasteiger partial charge in [0.1, 0.15) is 0 Å². The molecular weight excluding hydrogens is 348 g/mol. The topological polar surface area (TPSA) is 49.4 Å². The van der Waals surface area contributed by atoms with Gasteiger partial charge in [-0.1, -0.05) is 18.5 Å². The third-order valence-corrected chi connectivity index (χ3v) is 6.19. The molecule has 1 aromatic carbocycles. The lowest BCUT2D eigenvalue weighted by Gasteiger charge is -2.39. The highest BCUT2D eigenvalue weighted by atomic mass is 35.5. The van der Waals surface area contributed by atoms with Crippen LogP contribution in [0.25, 0.3) is 0 Å². The van der Waals surface area contributed by atoms with Gasteiger partial charge in [0.2, 0.25) is 11.8 Å². The lowest BCUT2D eigenvalue weighted by atomic mass is 9.80. The van der Waals surface area contributed by atoms with Crippen LogP contribution < -0.4 is 5.32 Å². The second-order valence-electron chi connectivity index (χ2n) is 7.63. The minimum absolute atomic E-state index is 0.00180. The number of rotatable bonds is 4. The van der Waals surface area contributed by atoms with Gasteiger partial charge in [-0.2, -0.15) is 0 Å².